The number of hydrogen-bond donors (Lipinski definition) is 1. The highest BCUT2D eigenvalue weighted by Gasteiger charge is 2.28. The monoisotopic (exact) mass is 466 g/mol. The number of ether oxygens (including phenoxy) is 1. The maximum atomic E-state index is 13.7. The number of hydrogen-bond acceptors (Lipinski definition) is 4. The fourth-order valence-electron chi connectivity index (χ4n) is 3.34. The molecule has 0 spiro atoms. The van der Waals surface area contributed by atoms with Crippen molar-refractivity contribution in [2.45, 2.75) is 37.8 Å². The molecule has 0 heterocycles. The summed E-state index contributed by atoms with van der Waals surface area (Å²) in [5.41, 5.74) is 1.46. The highest BCUT2D eigenvalue weighted by Crippen LogP contribution is 2.29. The van der Waals surface area contributed by atoms with E-state index in [1.165, 1.54) is 4.31 Å². The van der Waals surface area contributed by atoms with Gasteiger partial charge in [-0.3, -0.25) is 9.10 Å². The van der Waals surface area contributed by atoms with Gasteiger partial charge in [0, 0.05) is 13.2 Å². The van der Waals surface area contributed by atoms with Crippen LogP contribution in [0.25, 0.3) is 0 Å². The molecule has 6 nitrogen and oxygen atoms in total. The van der Waals surface area contributed by atoms with Gasteiger partial charge in [-0.2, -0.15) is 0 Å². The van der Waals surface area contributed by atoms with Crippen LogP contribution in [0.2, 0.25) is 0 Å². The molecule has 7 heteroatoms. The zero-order chi connectivity index (χ0) is 23.7. The molecule has 0 aliphatic heterocycles. The van der Waals surface area contributed by atoms with E-state index in [0.717, 1.165) is 5.56 Å². The molecule has 33 heavy (non-hydrogen) atoms. The Morgan fingerprint density at radius 3 is 2.18 bits per heavy atom. The fraction of sp³-hybridized carbons (Fsp3) is 0.269. The number of rotatable bonds is 11. The topological polar surface area (TPSA) is 75.7 Å². The lowest BCUT2D eigenvalue weighted by atomic mass is 10.1. The predicted octanol–water partition coefficient (Wildman–Crippen LogP) is 4.63. The van der Waals surface area contributed by atoms with Gasteiger partial charge in [0.15, 0.2) is 0 Å². The van der Waals surface area contributed by atoms with Gasteiger partial charge >= 0.3 is 0 Å². The maximum Gasteiger partial charge on any atom is 0.264 e. The minimum Gasteiger partial charge on any atom is -0.379 e. The molecular formula is C26H30N2O4S. The first-order chi connectivity index (χ1) is 15.9. The number of para-hydroxylation sites is 1. The van der Waals surface area contributed by atoms with Gasteiger partial charge in [0.1, 0.15) is 0 Å². The summed E-state index contributed by atoms with van der Waals surface area (Å²) >= 11 is 0. The molecule has 1 N–H and O–H groups in total. The molecule has 3 aromatic rings. The number of nitrogens with one attached hydrogen (secondary N) is 1. The van der Waals surface area contributed by atoms with Gasteiger partial charge < -0.3 is 10.1 Å². The largest absolute Gasteiger partial charge is 0.379 e. The zero-order valence-corrected chi connectivity index (χ0v) is 19.8. The Kier molecular flexibility index (Phi) is 8.63. The summed E-state index contributed by atoms with van der Waals surface area (Å²) in [7, 11) is -3.91. The predicted molar refractivity (Wildman–Crippen MR) is 131 cm³/mol. The lowest BCUT2D eigenvalue weighted by molar-refractivity contribution is 0.0757. The SMILES string of the molecule is CC(C)OCCCNC(=O)c1ccccc1N(Cc1ccccc1)S(=O)(=O)c1ccccc1. The quantitative estimate of drug-likeness (QED) is 0.418. The highest BCUT2D eigenvalue weighted by molar-refractivity contribution is 7.92. The van der Waals surface area contributed by atoms with Crippen molar-refractivity contribution in [3.05, 3.63) is 96.1 Å². The van der Waals surface area contributed by atoms with Crippen molar-refractivity contribution >= 4 is 21.6 Å². The first kappa shape index (κ1) is 24.5. The molecule has 0 atom stereocenters. The molecule has 3 rings (SSSR count). The number of amides is 1. The van der Waals surface area contributed by atoms with Crippen molar-refractivity contribution in [1.29, 1.82) is 0 Å². The van der Waals surface area contributed by atoms with Gasteiger partial charge in [-0.15, -0.1) is 0 Å². The molecule has 0 radical (unpaired) electrons. The molecule has 0 aliphatic rings. The average Bonchev–Trinajstić information content (AvgIpc) is 2.83. The normalized spacial score (nSPS) is 11.4. The van der Waals surface area contributed by atoms with Crippen molar-refractivity contribution in [3.8, 4) is 0 Å². The van der Waals surface area contributed by atoms with Crippen LogP contribution >= 0.6 is 0 Å². The van der Waals surface area contributed by atoms with Crippen molar-refractivity contribution in [2.24, 2.45) is 0 Å². The second kappa shape index (κ2) is 11.6. The van der Waals surface area contributed by atoms with Gasteiger partial charge in [-0.05, 0) is 50.1 Å². The van der Waals surface area contributed by atoms with E-state index in [9.17, 15) is 13.2 Å². The Hall–Kier alpha value is -3.16. The number of benzene rings is 3. The summed E-state index contributed by atoms with van der Waals surface area (Å²) in [6, 6.07) is 24.4. The Bertz CT molecular complexity index is 1130. The summed E-state index contributed by atoms with van der Waals surface area (Å²) in [6.07, 6.45) is 0.804. The van der Waals surface area contributed by atoms with Crippen LogP contribution in [-0.4, -0.2) is 33.6 Å². The molecule has 0 saturated heterocycles. The highest BCUT2D eigenvalue weighted by atomic mass is 32.2. The summed E-state index contributed by atoms with van der Waals surface area (Å²) in [4.78, 5) is 13.2. The molecular weight excluding hydrogens is 436 g/mol. The molecule has 0 aromatic heterocycles. The van der Waals surface area contributed by atoms with Gasteiger partial charge in [-0.25, -0.2) is 8.42 Å². The van der Waals surface area contributed by atoms with Crippen LogP contribution in [0, 0.1) is 0 Å². The zero-order valence-electron chi connectivity index (χ0n) is 19.0. The minimum absolute atomic E-state index is 0.102. The summed E-state index contributed by atoms with van der Waals surface area (Å²) < 4.78 is 34.1. The fourth-order valence-corrected chi connectivity index (χ4v) is 4.83. The third-order valence-electron chi connectivity index (χ3n) is 4.98. The van der Waals surface area contributed by atoms with E-state index < -0.39 is 10.0 Å². The van der Waals surface area contributed by atoms with E-state index >= 15 is 0 Å². The third-order valence-corrected chi connectivity index (χ3v) is 6.75. The number of carbonyl (C=O) groups is 1. The lowest BCUT2D eigenvalue weighted by Gasteiger charge is -2.26. The van der Waals surface area contributed by atoms with Crippen molar-refractivity contribution in [1.82, 2.24) is 5.32 Å². The maximum absolute atomic E-state index is 13.7. The molecule has 0 bridgehead atoms. The summed E-state index contributed by atoms with van der Waals surface area (Å²) in [5.74, 6) is -0.323. The molecule has 0 unspecified atom stereocenters. The van der Waals surface area contributed by atoms with E-state index in [1.54, 1.807) is 54.6 Å². The second-order valence-corrected chi connectivity index (χ2v) is 9.72. The number of nitrogens with zero attached hydrogens (tertiary/aromatic N) is 1. The number of carbonyl (C=O) groups excluding carboxylic acids is 1. The Balaban J connectivity index is 1.92. The summed E-state index contributed by atoms with van der Waals surface area (Å²) in [5, 5.41) is 2.88. The van der Waals surface area contributed by atoms with E-state index in [2.05, 4.69) is 5.32 Å². The Morgan fingerprint density at radius 2 is 1.52 bits per heavy atom. The second-order valence-electron chi connectivity index (χ2n) is 7.86. The van der Waals surface area contributed by atoms with Crippen molar-refractivity contribution in [3.63, 3.8) is 0 Å². The molecule has 1 amide bonds. The molecule has 0 fully saturated rings. The number of anilines is 1. The summed E-state index contributed by atoms with van der Waals surface area (Å²) in [6.45, 7) is 5.00. The smallest absolute Gasteiger partial charge is 0.264 e. The first-order valence-corrected chi connectivity index (χ1v) is 12.4. The molecule has 3 aromatic carbocycles. The minimum atomic E-state index is -3.91. The molecule has 0 saturated carbocycles. The van der Waals surface area contributed by atoms with Crippen LogP contribution in [0.5, 0.6) is 0 Å². The van der Waals surface area contributed by atoms with Crippen molar-refractivity contribution in [2.75, 3.05) is 17.5 Å². The van der Waals surface area contributed by atoms with Crippen LogP contribution in [-0.2, 0) is 21.3 Å². The molecule has 0 aliphatic carbocycles. The van der Waals surface area contributed by atoms with Crippen LogP contribution in [0.15, 0.2) is 89.8 Å². The van der Waals surface area contributed by atoms with E-state index in [0.29, 0.717) is 30.8 Å². The van der Waals surface area contributed by atoms with Gasteiger partial charge in [0.05, 0.1) is 28.8 Å². The molecule has 174 valence electrons. The van der Waals surface area contributed by atoms with E-state index in [1.807, 2.05) is 44.2 Å². The average molecular weight is 467 g/mol. The first-order valence-electron chi connectivity index (χ1n) is 11.0. The van der Waals surface area contributed by atoms with Crippen LogP contribution in [0.1, 0.15) is 36.2 Å². The van der Waals surface area contributed by atoms with Crippen LogP contribution in [0.4, 0.5) is 5.69 Å². The van der Waals surface area contributed by atoms with Gasteiger partial charge in [0.25, 0.3) is 15.9 Å². The van der Waals surface area contributed by atoms with Crippen LogP contribution in [0.3, 0.4) is 0 Å². The van der Waals surface area contributed by atoms with Crippen LogP contribution < -0.4 is 9.62 Å². The Labute approximate surface area is 196 Å². The standard InChI is InChI=1S/C26H30N2O4S/c1-21(2)32-19-11-18-27-26(29)24-16-9-10-17-25(24)28(20-22-12-5-3-6-13-22)33(30,31)23-14-7-4-8-15-23/h3-10,12-17,21H,11,18-20H2,1-2H3,(H,27,29). The van der Waals surface area contributed by atoms with E-state index in [4.69, 9.17) is 4.74 Å². The Morgan fingerprint density at radius 1 is 0.909 bits per heavy atom. The van der Waals surface area contributed by atoms with Crippen molar-refractivity contribution < 1.29 is 17.9 Å². The number of sulfonamides is 1. The van der Waals surface area contributed by atoms with Gasteiger partial charge in [0.2, 0.25) is 0 Å². The van der Waals surface area contributed by atoms with E-state index in [-0.39, 0.29) is 23.5 Å². The third kappa shape index (κ3) is 6.66. The lowest BCUT2D eigenvalue weighted by Crippen LogP contribution is -2.34. The van der Waals surface area contributed by atoms with Gasteiger partial charge in [-0.1, -0.05) is 60.7 Å².